The molecule has 2 aromatic rings. The Balaban J connectivity index is 1.66. The molecule has 5 heteroatoms. The van der Waals surface area contributed by atoms with Crippen LogP contribution in [0.3, 0.4) is 0 Å². The highest BCUT2D eigenvalue weighted by atomic mass is 15.1. The molecule has 1 saturated carbocycles. The Labute approximate surface area is 129 Å². The van der Waals surface area contributed by atoms with Crippen molar-refractivity contribution in [2.45, 2.75) is 24.8 Å². The topological polar surface area (TPSA) is 73.6 Å². The van der Waals surface area contributed by atoms with Crippen molar-refractivity contribution in [3.8, 4) is 6.07 Å². The zero-order valence-corrected chi connectivity index (χ0v) is 12.2. The van der Waals surface area contributed by atoms with Crippen LogP contribution in [0.2, 0.25) is 0 Å². The molecule has 1 aliphatic heterocycles. The van der Waals surface area contributed by atoms with E-state index in [0.717, 1.165) is 36.7 Å². The molecule has 0 radical (unpaired) electrons. The zero-order chi connectivity index (χ0) is 14.9. The lowest BCUT2D eigenvalue weighted by Gasteiger charge is -2.40. The van der Waals surface area contributed by atoms with E-state index in [-0.39, 0.29) is 17.8 Å². The Morgan fingerprint density at radius 3 is 3.00 bits per heavy atom. The fourth-order valence-electron chi connectivity index (χ4n) is 3.44. The third-order valence-corrected chi connectivity index (χ3v) is 4.68. The number of aromatic nitrogens is 2. The number of nitriles is 1. The number of nitrogens with zero attached hydrogens (tertiary/aromatic N) is 3. The molecule has 1 aliphatic carbocycles. The highest BCUT2D eigenvalue weighted by Gasteiger charge is 2.44. The van der Waals surface area contributed by atoms with Crippen molar-refractivity contribution in [2.24, 2.45) is 5.92 Å². The van der Waals surface area contributed by atoms with Gasteiger partial charge in [-0.3, -0.25) is 15.3 Å². The first-order valence-electron chi connectivity index (χ1n) is 7.61. The number of fused-ring (bicyclic) bond motifs is 1. The Morgan fingerprint density at radius 2 is 2.18 bits per heavy atom. The Hall–Kier alpha value is -2.45. The van der Waals surface area contributed by atoms with Gasteiger partial charge in [0.15, 0.2) is 0 Å². The largest absolute Gasteiger partial charge is 0.372 e. The molecule has 0 amide bonds. The molecule has 22 heavy (non-hydrogen) atoms. The maximum atomic E-state index is 9.36. The number of pyridine rings is 2. The minimum atomic E-state index is 0.0346. The first kappa shape index (κ1) is 13.2. The van der Waals surface area contributed by atoms with E-state index in [1.165, 1.54) is 5.56 Å². The van der Waals surface area contributed by atoms with Crippen LogP contribution < -0.4 is 10.6 Å². The summed E-state index contributed by atoms with van der Waals surface area (Å²) in [6.07, 6.45) is 4.60. The van der Waals surface area contributed by atoms with Crippen molar-refractivity contribution in [1.29, 1.82) is 5.26 Å². The van der Waals surface area contributed by atoms with E-state index in [9.17, 15) is 5.26 Å². The highest BCUT2D eigenvalue weighted by molar-refractivity contribution is 5.53. The molecule has 3 atom stereocenters. The van der Waals surface area contributed by atoms with Crippen LogP contribution >= 0.6 is 0 Å². The summed E-state index contributed by atoms with van der Waals surface area (Å²) in [6.45, 7) is 1.64. The van der Waals surface area contributed by atoms with Gasteiger partial charge >= 0.3 is 0 Å². The van der Waals surface area contributed by atoms with Gasteiger partial charge in [-0.15, -0.1) is 0 Å². The molecule has 0 spiro atoms. The molecule has 2 aromatic heterocycles. The van der Waals surface area contributed by atoms with Crippen LogP contribution in [-0.2, 0) is 6.54 Å². The molecular formula is C17H17N5. The molecular weight excluding hydrogens is 274 g/mol. The maximum Gasteiger partial charge on any atom is 0.0663 e. The standard InChI is InChI=1S/C17H17N5/c18-7-11-5-13(17(11)14-3-1-2-4-20-14)16-6-15-12(9-21-16)8-19-10-22-15/h1-4,6,9,11,13,17,19,22H,5,8,10H2. The zero-order valence-electron chi connectivity index (χ0n) is 12.2. The summed E-state index contributed by atoms with van der Waals surface area (Å²) in [5.41, 5.74) is 4.42. The Bertz CT molecular complexity index is 722. The van der Waals surface area contributed by atoms with E-state index < -0.39 is 0 Å². The average molecular weight is 291 g/mol. The quantitative estimate of drug-likeness (QED) is 0.888. The van der Waals surface area contributed by atoms with Crippen LogP contribution in [0, 0.1) is 17.2 Å². The predicted molar refractivity (Wildman–Crippen MR) is 83.0 cm³/mol. The number of nitrogens with one attached hydrogen (secondary N) is 2. The summed E-state index contributed by atoms with van der Waals surface area (Å²) in [7, 11) is 0. The van der Waals surface area contributed by atoms with E-state index in [1.54, 1.807) is 6.20 Å². The predicted octanol–water partition coefficient (Wildman–Crippen LogP) is 2.36. The van der Waals surface area contributed by atoms with Crippen LogP contribution in [0.1, 0.15) is 35.2 Å². The highest BCUT2D eigenvalue weighted by Crippen LogP contribution is 2.52. The number of hydrogen-bond acceptors (Lipinski definition) is 5. The molecule has 2 aliphatic rings. The molecule has 0 aromatic carbocycles. The summed E-state index contributed by atoms with van der Waals surface area (Å²) >= 11 is 0. The molecule has 3 heterocycles. The van der Waals surface area contributed by atoms with Crippen molar-refractivity contribution in [3.05, 3.63) is 53.6 Å². The van der Waals surface area contributed by atoms with Crippen molar-refractivity contribution >= 4 is 5.69 Å². The lowest BCUT2D eigenvalue weighted by atomic mass is 9.62. The van der Waals surface area contributed by atoms with Crippen molar-refractivity contribution in [1.82, 2.24) is 15.3 Å². The average Bonchev–Trinajstić information content (AvgIpc) is 2.55. The van der Waals surface area contributed by atoms with Gasteiger partial charge in [0.25, 0.3) is 0 Å². The first-order chi connectivity index (χ1) is 10.9. The SMILES string of the molecule is N#CC1CC(c2cc3c(cn2)CNCN3)C1c1ccccn1. The fraction of sp³-hybridized carbons (Fsp3) is 0.353. The third kappa shape index (κ3) is 2.13. The molecule has 0 saturated heterocycles. The van der Waals surface area contributed by atoms with Crippen molar-refractivity contribution < 1.29 is 0 Å². The van der Waals surface area contributed by atoms with Crippen LogP contribution in [0.25, 0.3) is 0 Å². The van der Waals surface area contributed by atoms with Crippen molar-refractivity contribution in [2.75, 3.05) is 12.0 Å². The maximum absolute atomic E-state index is 9.36. The number of rotatable bonds is 2. The molecule has 110 valence electrons. The summed E-state index contributed by atoms with van der Waals surface area (Å²) in [5, 5.41) is 16.0. The van der Waals surface area contributed by atoms with Crippen LogP contribution in [-0.4, -0.2) is 16.6 Å². The molecule has 1 fully saturated rings. The second-order valence-corrected chi connectivity index (χ2v) is 5.90. The number of hydrogen-bond donors (Lipinski definition) is 2. The normalized spacial score (nSPS) is 26.2. The van der Waals surface area contributed by atoms with Gasteiger partial charge < -0.3 is 5.32 Å². The van der Waals surface area contributed by atoms with E-state index in [4.69, 9.17) is 0 Å². The minimum absolute atomic E-state index is 0.0346. The summed E-state index contributed by atoms with van der Waals surface area (Å²) in [5.74, 6) is 0.465. The van der Waals surface area contributed by atoms with Crippen LogP contribution in [0.4, 0.5) is 5.69 Å². The monoisotopic (exact) mass is 291 g/mol. The molecule has 4 rings (SSSR count). The van der Waals surface area contributed by atoms with E-state index >= 15 is 0 Å². The van der Waals surface area contributed by atoms with Gasteiger partial charge in [-0.25, -0.2) is 0 Å². The van der Waals surface area contributed by atoms with E-state index in [0.29, 0.717) is 0 Å². The Kier molecular flexibility index (Phi) is 3.24. The molecule has 3 unspecified atom stereocenters. The van der Waals surface area contributed by atoms with E-state index in [1.807, 2.05) is 24.4 Å². The second-order valence-electron chi connectivity index (χ2n) is 5.90. The van der Waals surface area contributed by atoms with Gasteiger partial charge in [-0.05, 0) is 24.6 Å². The van der Waals surface area contributed by atoms with Crippen LogP contribution in [0.15, 0.2) is 36.7 Å². The summed E-state index contributed by atoms with van der Waals surface area (Å²) < 4.78 is 0. The van der Waals surface area contributed by atoms with Gasteiger partial charge in [0, 0.05) is 53.4 Å². The Morgan fingerprint density at radius 1 is 1.23 bits per heavy atom. The second kappa shape index (κ2) is 5.39. The molecule has 0 bridgehead atoms. The number of anilines is 1. The van der Waals surface area contributed by atoms with Gasteiger partial charge in [0.05, 0.1) is 18.7 Å². The van der Waals surface area contributed by atoms with Gasteiger partial charge in [-0.2, -0.15) is 5.26 Å². The first-order valence-corrected chi connectivity index (χ1v) is 7.61. The van der Waals surface area contributed by atoms with Crippen LogP contribution in [0.5, 0.6) is 0 Å². The van der Waals surface area contributed by atoms with E-state index in [2.05, 4.69) is 32.7 Å². The van der Waals surface area contributed by atoms with Gasteiger partial charge in [0.2, 0.25) is 0 Å². The summed E-state index contributed by atoms with van der Waals surface area (Å²) in [6, 6.07) is 10.5. The summed E-state index contributed by atoms with van der Waals surface area (Å²) in [4.78, 5) is 9.10. The molecule has 5 nitrogen and oxygen atoms in total. The van der Waals surface area contributed by atoms with Gasteiger partial charge in [-0.1, -0.05) is 6.07 Å². The lowest BCUT2D eigenvalue weighted by molar-refractivity contribution is 0.255. The minimum Gasteiger partial charge on any atom is -0.372 e. The fourth-order valence-corrected chi connectivity index (χ4v) is 3.44. The van der Waals surface area contributed by atoms with Gasteiger partial charge in [0.1, 0.15) is 0 Å². The smallest absolute Gasteiger partial charge is 0.0663 e. The lowest BCUT2D eigenvalue weighted by Crippen LogP contribution is -2.34. The molecule has 2 N–H and O–H groups in total. The third-order valence-electron chi connectivity index (χ3n) is 4.68. The van der Waals surface area contributed by atoms with Crippen molar-refractivity contribution in [3.63, 3.8) is 0 Å².